The van der Waals surface area contributed by atoms with Gasteiger partial charge in [-0.1, -0.05) is 49.2 Å². The lowest BCUT2D eigenvalue weighted by Crippen LogP contribution is -1.84. The van der Waals surface area contributed by atoms with E-state index in [2.05, 4.69) is 17.1 Å². The molecule has 0 aliphatic carbocycles. The highest BCUT2D eigenvalue weighted by atomic mass is 35.5. The van der Waals surface area contributed by atoms with E-state index in [1.165, 1.54) is 5.56 Å². The van der Waals surface area contributed by atoms with Crippen molar-refractivity contribution in [2.24, 2.45) is 5.18 Å². The number of hydrogen-bond acceptors (Lipinski definition) is 3. The van der Waals surface area contributed by atoms with Crippen LogP contribution in [-0.2, 0) is 6.42 Å². The molecule has 0 saturated heterocycles. The van der Waals surface area contributed by atoms with Crippen LogP contribution < -0.4 is 5.73 Å². The Balaban J connectivity index is 0.000000160. The molecule has 0 radical (unpaired) electrons. The highest BCUT2D eigenvalue weighted by molar-refractivity contribution is 6.35. The Hall–Kier alpha value is -2.33. The van der Waals surface area contributed by atoms with Gasteiger partial charge in [0.1, 0.15) is 5.69 Å². The van der Waals surface area contributed by atoms with Gasteiger partial charge >= 0.3 is 0 Å². The summed E-state index contributed by atoms with van der Waals surface area (Å²) in [5.74, 6) is 0. The van der Waals surface area contributed by atoms with Gasteiger partial charge in [-0.05, 0) is 35.4 Å². The van der Waals surface area contributed by atoms with Crippen molar-refractivity contribution in [1.82, 2.24) is 4.98 Å². The van der Waals surface area contributed by atoms with Crippen LogP contribution in [0.15, 0.2) is 53.8 Å². The Labute approximate surface area is 134 Å². The third-order valence-corrected chi connectivity index (χ3v) is 3.59. The van der Waals surface area contributed by atoms with Crippen molar-refractivity contribution in [3.05, 3.63) is 64.2 Å². The zero-order chi connectivity index (χ0) is 15.9. The fourth-order valence-electron chi connectivity index (χ4n) is 2.16. The van der Waals surface area contributed by atoms with Crippen LogP contribution in [0.1, 0.15) is 18.9 Å². The summed E-state index contributed by atoms with van der Waals surface area (Å²) < 4.78 is 0. The predicted octanol–water partition coefficient (Wildman–Crippen LogP) is 5.44. The third-order valence-electron chi connectivity index (χ3n) is 3.28. The molecule has 1 aromatic heterocycles. The van der Waals surface area contributed by atoms with Crippen molar-refractivity contribution in [2.45, 2.75) is 19.8 Å². The summed E-state index contributed by atoms with van der Waals surface area (Å²) in [6.45, 7) is 2.13. The first-order valence-electron chi connectivity index (χ1n) is 7.09. The molecule has 0 fully saturated rings. The van der Waals surface area contributed by atoms with Gasteiger partial charge < -0.3 is 10.7 Å². The normalized spacial score (nSPS) is 10.1. The molecule has 0 unspecified atom stereocenters. The van der Waals surface area contributed by atoms with E-state index in [4.69, 9.17) is 17.3 Å². The standard InChI is InChI=1S/C9H11NO.C8H7ClN2/c1-2-3-8-4-6-9(10-11)7-5-8;9-6-4-11-8-5(6)2-1-3-7(8)10/h4-7H,2-3H2,1H3;1-4,11H,10H2. The van der Waals surface area contributed by atoms with E-state index in [9.17, 15) is 4.91 Å². The minimum absolute atomic E-state index is 0.504. The number of para-hydroxylation sites is 1. The van der Waals surface area contributed by atoms with Crippen LogP contribution >= 0.6 is 11.6 Å². The largest absolute Gasteiger partial charge is 0.397 e. The predicted molar refractivity (Wildman–Crippen MR) is 93.6 cm³/mol. The summed E-state index contributed by atoms with van der Waals surface area (Å²) >= 11 is 5.86. The van der Waals surface area contributed by atoms with Crippen LogP contribution in [0.4, 0.5) is 11.4 Å². The summed E-state index contributed by atoms with van der Waals surface area (Å²) in [6.07, 6.45) is 3.94. The number of rotatable bonds is 3. The van der Waals surface area contributed by atoms with E-state index >= 15 is 0 Å². The Kier molecular flexibility index (Phi) is 5.55. The van der Waals surface area contributed by atoms with Gasteiger partial charge in [0.15, 0.2) is 0 Å². The molecule has 114 valence electrons. The minimum Gasteiger partial charge on any atom is -0.397 e. The summed E-state index contributed by atoms with van der Waals surface area (Å²) in [5.41, 5.74) is 9.09. The number of nitroso groups, excluding NO2 is 1. The van der Waals surface area contributed by atoms with Gasteiger partial charge in [0, 0.05) is 11.6 Å². The van der Waals surface area contributed by atoms with Gasteiger partial charge in [-0.2, -0.15) is 0 Å². The molecule has 3 rings (SSSR count). The molecule has 5 heteroatoms. The second-order valence-electron chi connectivity index (χ2n) is 4.91. The number of nitrogen functional groups attached to an aromatic ring is 1. The fraction of sp³-hybridized carbons (Fsp3) is 0.176. The van der Waals surface area contributed by atoms with Crippen LogP contribution in [0.25, 0.3) is 10.9 Å². The number of H-pyrrole nitrogens is 1. The second-order valence-corrected chi connectivity index (χ2v) is 5.32. The fourth-order valence-corrected chi connectivity index (χ4v) is 2.37. The number of halogens is 1. The molecule has 0 spiro atoms. The Morgan fingerprint density at radius 3 is 2.50 bits per heavy atom. The van der Waals surface area contributed by atoms with E-state index in [1.807, 2.05) is 30.3 Å². The van der Waals surface area contributed by atoms with Crippen molar-refractivity contribution in [3.8, 4) is 0 Å². The first-order chi connectivity index (χ1) is 10.7. The lowest BCUT2D eigenvalue weighted by Gasteiger charge is -1.96. The van der Waals surface area contributed by atoms with Gasteiger partial charge in [-0.25, -0.2) is 0 Å². The van der Waals surface area contributed by atoms with Gasteiger partial charge in [-0.3, -0.25) is 0 Å². The summed E-state index contributed by atoms with van der Waals surface area (Å²) in [7, 11) is 0. The molecule has 0 aliphatic rings. The van der Waals surface area contributed by atoms with Crippen LogP contribution in [-0.4, -0.2) is 4.98 Å². The van der Waals surface area contributed by atoms with Crippen molar-refractivity contribution in [2.75, 3.05) is 5.73 Å². The molecule has 22 heavy (non-hydrogen) atoms. The van der Waals surface area contributed by atoms with E-state index in [-0.39, 0.29) is 0 Å². The first kappa shape index (κ1) is 16.0. The Bertz CT molecular complexity index is 750. The van der Waals surface area contributed by atoms with Crippen molar-refractivity contribution >= 4 is 33.9 Å². The van der Waals surface area contributed by atoms with E-state index in [0.717, 1.165) is 29.4 Å². The number of nitrogens with two attached hydrogens (primary N) is 1. The molecule has 0 amide bonds. The molecule has 3 N–H and O–H groups in total. The van der Waals surface area contributed by atoms with Crippen LogP contribution in [0.3, 0.4) is 0 Å². The smallest absolute Gasteiger partial charge is 0.108 e. The number of hydrogen-bond donors (Lipinski definition) is 2. The van der Waals surface area contributed by atoms with E-state index < -0.39 is 0 Å². The summed E-state index contributed by atoms with van der Waals surface area (Å²) in [4.78, 5) is 13.0. The first-order valence-corrected chi connectivity index (χ1v) is 7.47. The second kappa shape index (κ2) is 7.61. The van der Waals surface area contributed by atoms with Crippen molar-refractivity contribution in [1.29, 1.82) is 0 Å². The zero-order valence-electron chi connectivity index (χ0n) is 12.3. The SMILES string of the molecule is CCCc1ccc(N=O)cc1.Nc1cccc2c(Cl)c[nH]c12. The van der Waals surface area contributed by atoms with Gasteiger partial charge in [0.25, 0.3) is 0 Å². The van der Waals surface area contributed by atoms with Crippen LogP contribution in [0, 0.1) is 4.91 Å². The Morgan fingerprint density at radius 2 is 1.91 bits per heavy atom. The quantitative estimate of drug-likeness (QED) is 0.499. The number of aromatic nitrogens is 1. The molecular formula is C17H18ClN3O. The number of aromatic amines is 1. The molecule has 1 heterocycles. The minimum atomic E-state index is 0.504. The number of aryl methyl sites for hydroxylation is 1. The summed E-state index contributed by atoms with van der Waals surface area (Å²) in [5, 5.41) is 4.52. The Morgan fingerprint density at radius 1 is 1.18 bits per heavy atom. The third kappa shape index (κ3) is 3.86. The maximum atomic E-state index is 10.0. The van der Waals surface area contributed by atoms with Gasteiger partial charge in [0.2, 0.25) is 0 Å². The van der Waals surface area contributed by atoms with E-state index in [0.29, 0.717) is 10.7 Å². The molecule has 0 bridgehead atoms. The number of fused-ring (bicyclic) bond motifs is 1. The molecule has 0 atom stereocenters. The van der Waals surface area contributed by atoms with Gasteiger partial charge in [0.05, 0.1) is 16.2 Å². The van der Waals surface area contributed by atoms with Crippen LogP contribution in [0.2, 0.25) is 5.02 Å². The average molecular weight is 316 g/mol. The summed E-state index contributed by atoms with van der Waals surface area (Å²) in [6, 6.07) is 13.0. The number of anilines is 1. The van der Waals surface area contributed by atoms with E-state index in [1.54, 1.807) is 18.3 Å². The average Bonchev–Trinajstić information content (AvgIpc) is 2.92. The zero-order valence-corrected chi connectivity index (χ0v) is 13.1. The molecule has 0 saturated carbocycles. The van der Waals surface area contributed by atoms with Crippen molar-refractivity contribution < 1.29 is 0 Å². The topological polar surface area (TPSA) is 71.2 Å². The highest BCUT2D eigenvalue weighted by Crippen LogP contribution is 2.26. The molecular weight excluding hydrogens is 298 g/mol. The number of nitrogens with zero attached hydrogens (tertiary/aromatic N) is 1. The molecule has 0 aliphatic heterocycles. The van der Waals surface area contributed by atoms with Crippen molar-refractivity contribution in [3.63, 3.8) is 0 Å². The maximum absolute atomic E-state index is 10.0. The molecule has 3 aromatic rings. The lowest BCUT2D eigenvalue weighted by molar-refractivity contribution is 0.922. The lowest BCUT2D eigenvalue weighted by atomic mass is 10.1. The maximum Gasteiger partial charge on any atom is 0.108 e. The monoisotopic (exact) mass is 315 g/mol. The van der Waals surface area contributed by atoms with Crippen LogP contribution in [0.5, 0.6) is 0 Å². The highest BCUT2D eigenvalue weighted by Gasteiger charge is 2.01. The molecule has 4 nitrogen and oxygen atoms in total. The van der Waals surface area contributed by atoms with Gasteiger partial charge in [-0.15, -0.1) is 4.91 Å². The number of nitrogens with one attached hydrogen (secondary N) is 1. The molecule has 2 aromatic carbocycles. The number of benzene rings is 2.